The van der Waals surface area contributed by atoms with E-state index in [4.69, 9.17) is 16.3 Å². The van der Waals surface area contributed by atoms with Crippen molar-refractivity contribution in [2.24, 2.45) is 0 Å². The van der Waals surface area contributed by atoms with Crippen LogP contribution in [0, 0.1) is 0 Å². The Morgan fingerprint density at radius 3 is 2.60 bits per heavy atom. The summed E-state index contributed by atoms with van der Waals surface area (Å²) in [5.41, 5.74) is 1.63. The number of phenols is 1. The molecule has 0 aliphatic rings. The van der Waals surface area contributed by atoms with E-state index in [2.05, 4.69) is 0 Å². The van der Waals surface area contributed by atoms with E-state index in [0.717, 1.165) is 29.9 Å². The predicted molar refractivity (Wildman–Crippen MR) is 118 cm³/mol. The van der Waals surface area contributed by atoms with E-state index in [1.165, 1.54) is 6.92 Å². The molecular weight excluding hydrogens is 424 g/mol. The van der Waals surface area contributed by atoms with E-state index in [0.29, 0.717) is 40.5 Å². The number of aromatic hydroxyl groups is 1. The van der Waals surface area contributed by atoms with Crippen LogP contribution in [0.1, 0.15) is 54.6 Å². The molecule has 0 amide bonds. The van der Waals surface area contributed by atoms with Crippen molar-refractivity contribution in [3.05, 3.63) is 52.0 Å². The number of aliphatic carboxylic acids is 1. The van der Waals surface area contributed by atoms with Crippen LogP contribution in [0.15, 0.2) is 35.2 Å². The Morgan fingerprint density at radius 1 is 1.20 bits per heavy atom. The highest BCUT2D eigenvalue weighted by molar-refractivity contribution is 7.99. The van der Waals surface area contributed by atoms with Crippen LogP contribution in [0.25, 0.3) is 0 Å². The Labute approximate surface area is 186 Å². The third-order valence-electron chi connectivity index (χ3n) is 4.52. The van der Waals surface area contributed by atoms with Gasteiger partial charge >= 0.3 is 0 Å². The van der Waals surface area contributed by atoms with Gasteiger partial charge in [0.05, 0.1) is 17.2 Å². The van der Waals surface area contributed by atoms with E-state index in [9.17, 15) is 19.8 Å². The van der Waals surface area contributed by atoms with Crippen LogP contribution in [-0.4, -0.2) is 29.2 Å². The highest BCUT2D eigenvalue weighted by Crippen LogP contribution is 2.33. The Balaban J connectivity index is 1.82. The second-order valence-electron chi connectivity index (χ2n) is 6.96. The molecule has 0 bridgehead atoms. The minimum absolute atomic E-state index is 0.0224. The van der Waals surface area contributed by atoms with Gasteiger partial charge in [0.2, 0.25) is 0 Å². The van der Waals surface area contributed by atoms with Gasteiger partial charge in [0.25, 0.3) is 0 Å². The molecule has 0 fully saturated rings. The molecule has 0 radical (unpaired) electrons. The number of Topliss-reactive ketones (excluding diaryl/α,β-unsaturated/α-hetero) is 1. The monoisotopic (exact) mass is 449 g/mol. The van der Waals surface area contributed by atoms with Crippen molar-refractivity contribution < 1.29 is 24.5 Å². The number of ketones is 1. The number of rotatable bonds is 12. The fraction of sp³-hybridized carbons (Fsp3) is 0.391. The maximum absolute atomic E-state index is 11.6. The third-order valence-corrected chi connectivity index (χ3v) is 6.10. The molecular formula is C23H26ClO5S-. The number of benzene rings is 2. The van der Waals surface area contributed by atoms with E-state index in [1.54, 1.807) is 36.0 Å². The maximum Gasteiger partial charge on any atom is 0.163 e. The van der Waals surface area contributed by atoms with E-state index < -0.39 is 5.97 Å². The number of halogens is 1. The summed E-state index contributed by atoms with van der Waals surface area (Å²) < 4.78 is 5.87. The highest BCUT2D eigenvalue weighted by Gasteiger charge is 2.15. The smallest absolute Gasteiger partial charge is 0.163 e. The number of carboxylic acids is 1. The molecule has 162 valence electrons. The number of hydrogen-bond donors (Lipinski definition) is 1. The van der Waals surface area contributed by atoms with Crippen molar-refractivity contribution in [2.75, 3.05) is 12.4 Å². The molecule has 0 aliphatic carbocycles. The average Bonchev–Trinajstić information content (AvgIpc) is 2.67. The van der Waals surface area contributed by atoms with Gasteiger partial charge in [-0.3, -0.25) is 4.79 Å². The number of ether oxygens (including phenoxy) is 1. The lowest BCUT2D eigenvalue weighted by molar-refractivity contribution is -0.304. The topological polar surface area (TPSA) is 86.7 Å². The number of carboxylic acid groups (broad SMARTS) is 1. The zero-order valence-corrected chi connectivity index (χ0v) is 18.8. The first-order chi connectivity index (χ1) is 14.3. The lowest BCUT2D eigenvalue weighted by Crippen LogP contribution is -2.24. The zero-order chi connectivity index (χ0) is 22.1. The van der Waals surface area contributed by atoms with Gasteiger partial charge in [-0.1, -0.05) is 31.0 Å². The van der Waals surface area contributed by atoms with Gasteiger partial charge in [-0.15, -0.1) is 11.8 Å². The van der Waals surface area contributed by atoms with Crippen LogP contribution in [0.2, 0.25) is 5.02 Å². The normalized spacial score (nSPS) is 10.8. The first-order valence-electron chi connectivity index (χ1n) is 9.93. The van der Waals surface area contributed by atoms with Gasteiger partial charge < -0.3 is 19.7 Å². The average molecular weight is 450 g/mol. The lowest BCUT2D eigenvalue weighted by Gasteiger charge is -2.14. The summed E-state index contributed by atoms with van der Waals surface area (Å²) in [6.07, 6.45) is 3.07. The van der Waals surface area contributed by atoms with Gasteiger partial charge in [0.15, 0.2) is 5.78 Å². The minimum atomic E-state index is -1.13. The summed E-state index contributed by atoms with van der Waals surface area (Å²) >= 11 is 7.84. The summed E-state index contributed by atoms with van der Waals surface area (Å²) in [7, 11) is 0. The Kier molecular flexibility index (Phi) is 9.53. The van der Waals surface area contributed by atoms with Crippen molar-refractivity contribution in [3.8, 4) is 11.5 Å². The summed E-state index contributed by atoms with van der Waals surface area (Å²) in [5.74, 6) is 0.199. The fourth-order valence-corrected chi connectivity index (χ4v) is 4.33. The second kappa shape index (κ2) is 11.9. The quantitative estimate of drug-likeness (QED) is 0.293. The second-order valence-corrected chi connectivity index (χ2v) is 8.51. The van der Waals surface area contributed by atoms with Crippen molar-refractivity contribution in [1.29, 1.82) is 0 Å². The first kappa shape index (κ1) is 24.1. The molecule has 2 aromatic rings. The van der Waals surface area contributed by atoms with Crippen LogP contribution in [0.3, 0.4) is 0 Å². The third kappa shape index (κ3) is 6.96. The van der Waals surface area contributed by atoms with Crippen molar-refractivity contribution >= 4 is 35.1 Å². The molecule has 0 aliphatic heterocycles. The summed E-state index contributed by atoms with van der Waals surface area (Å²) in [5, 5.41) is 21.6. The SMILES string of the molecule is CCCc1c(OCCCCSc2ccc(CC(=O)[O-])cc2Cl)ccc(C(C)=O)c1O. The van der Waals surface area contributed by atoms with Gasteiger partial charge in [0, 0.05) is 22.8 Å². The largest absolute Gasteiger partial charge is 0.550 e. The van der Waals surface area contributed by atoms with Gasteiger partial charge in [-0.05, 0) is 61.8 Å². The predicted octanol–water partition coefficient (Wildman–Crippen LogP) is 4.44. The van der Waals surface area contributed by atoms with E-state index in [1.807, 2.05) is 13.0 Å². The molecule has 0 saturated heterocycles. The van der Waals surface area contributed by atoms with E-state index >= 15 is 0 Å². The molecule has 0 heterocycles. The molecule has 0 unspecified atom stereocenters. The molecule has 0 spiro atoms. The molecule has 5 nitrogen and oxygen atoms in total. The number of phenolic OH excluding ortho intramolecular Hbond substituents is 1. The molecule has 0 aromatic heterocycles. The van der Waals surface area contributed by atoms with Crippen LogP contribution < -0.4 is 9.84 Å². The first-order valence-corrected chi connectivity index (χ1v) is 11.3. The number of unbranched alkanes of at least 4 members (excludes halogenated alkanes) is 1. The number of hydrogen-bond acceptors (Lipinski definition) is 6. The lowest BCUT2D eigenvalue weighted by atomic mass is 10.0. The molecule has 0 saturated carbocycles. The molecule has 0 atom stereocenters. The standard InChI is InChI=1S/C23H27ClO5S/c1-3-6-18-20(9-8-17(15(2)25)23(18)28)29-11-4-5-12-30-21-10-7-16(13-19(21)24)14-22(26)27/h7-10,13,28H,3-6,11-12,14H2,1-2H3,(H,26,27)/p-1. The van der Waals surface area contributed by atoms with Crippen molar-refractivity contribution in [1.82, 2.24) is 0 Å². The van der Waals surface area contributed by atoms with Crippen LogP contribution in [-0.2, 0) is 17.6 Å². The Bertz CT molecular complexity index is 897. The van der Waals surface area contributed by atoms with Crippen LogP contribution in [0.4, 0.5) is 0 Å². The zero-order valence-electron chi connectivity index (χ0n) is 17.2. The molecule has 2 rings (SSSR count). The maximum atomic E-state index is 11.6. The number of thioether (sulfide) groups is 1. The van der Waals surface area contributed by atoms with Crippen molar-refractivity contribution in [2.45, 2.75) is 50.8 Å². The van der Waals surface area contributed by atoms with Crippen molar-refractivity contribution in [3.63, 3.8) is 0 Å². The molecule has 30 heavy (non-hydrogen) atoms. The summed E-state index contributed by atoms with van der Waals surface area (Å²) in [6.45, 7) is 3.96. The van der Waals surface area contributed by atoms with Gasteiger partial charge in [-0.25, -0.2) is 0 Å². The minimum Gasteiger partial charge on any atom is -0.550 e. The number of carbonyl (C=O) groups excluding carboxylic acids is 2. The van der Waals surface area contributed by atoms with E-state index in [-0.39, 0.29) is 18.0 Å². The summed E-state index contributed by atoms with van der Waals surface area (Å²) in [4.78, 5) is 23.2. The van der Waals surface area contributed by atoms with Gasteiger partial charge in [0.1, 0.15) is 11.5 Å². The molecule has 1 N–H and O–H groups in total. The highest BCUT2D eigenvalue weighted by atomic mass is 35.5. The van der Waals surface area contributed by atoms with Crippen LogP contribution >= 0.6 is 23.4 Å². The summed E-state index contributed by atoms with van der Waals surface area (Å²) in [6, 6.07) is 8.60. The van der Waals surface area contributed by atoms with Gasteiger partial charge in [-0.2, -0.15) is 0 Å². The van der Waals surface area contributed by atoms with Crippen LogP contribution in [0.5, 0.6) is 11.5 Å². The Morgan fingerprint density at radius 2 is 1.97 bits per heavy atom. The molecule has 2 aromatic carbocycles. The fourth-order valence-electron chi connectivity index (χ4n) is 3.04. The molecule has 7 heteroatoms. The number of carbonyl (C=O) groups is 2. The Hall–Kier alpha value is -2.18.